The molecule has 4 rings (SSSR count). The van der Waals surface area contributed by atoms with E-state index < -0.39 is 0 Å². The maximum Gasteiger partial charge on any atom is 0.141 e. The maximum absolute atomic E-state index is 5.16. The Morgan fingerprint density at radius 2 is 1.95 bits per heavy atom. The summed E-state index contributed by atoms with van der Waals surface area (Å²) in [5.74, 6) is 6.34. The van der Waals surface area contributed by atoms with Crippen molar-refractivity contribution in [2.75, 3.05) is 0 Å². The number of nitrogens with zero attached hydrogens (tertiary/aromatic N) is 2. The first-order valence-corrected chi connectivity index (χ1v) is 6.83. The Balaban J connectivity index is 1.81. The van der Waals surface area contributed by atoms with Crippen molar-refractivity contribution in [1.29, 1.82) is 0 Å². The van der Waals surface area contributed by atoms with Crippen LogP contribution in [0, 0.1) is 11.8 Å². The first-order valence-electron chi connectivity index (χ1n) is 6.83. The van der Waals surface area contributed by atoms with Crippen molar-refractivity contribution in [3.8, 4) is 23.0 Å². The van der Waals surface area contributed by atoms with E-state index in [1.807, 2.05) is 42.6 Å². The number of fused-ring (bicyclic) bond motifs is 1. The molecule has 0 radical (unpaired) electrons. The van der Waals surface area contributed by atoms with Crippen molar-refractivity contribution in [2.45, 2.75) is 0 Å². The summed E-state index contributed by atoms with van der Waals surface area (Å²) >= 11 is 0. The average molecular weight is 285 g/mol. The van der Waals surface area contributed by atoms with Gasteiger partial charge in [0.1, 0.15) is 17.7 Å². The van der Waals surface area contributed by atoms with E-state index in [-0.39, 0.29) is 0 Å². The molecule has 3 heterocycles. The number of aromatic amines is 1. The molecule has 22 heavy (non-hydrogen) atoms. The molecular weight excluding hydrogens is 274 g/mol. The summed E-state index contributed by atoms with van der Waals surface area (Å²) in [4.78, 5) is 11.5. The number of hydrogen-bond acceptors (Lipinski definition) is 3. The van der Waals surface area contributed by atoms with Crippen molar-refractivity contribution in [3.05, 3.63) is 72.7 Å². The first-order chi connectivity index (χ1) is 10.9. The van der Waals surface area contributed by atoms with E-state index in [9.17, 15) is 0 Å². The minimum atomic E-state index is 0.716. The Morgan fingerprint density at radius 3 is 2.86 bits per heavy atom. The summed E-state index contributed by atoms with van der Waals surface area (Å²) in [6.07, 6.45) is 6.73. The van der Waals surface area contributed by atoms with Gasteiger partial charge < -0.3 is 9.40 Å². The van der Waals surface area contributed by atoms with Gasteiger partial charge in [0, 0.05) is 22.9 Å². The highest BCUT2D eigenvalue weighted by Gasteiger charge is 2.04. The molecule has 1 aromatic carbocycles. The van der Waals surface area contributed by atoms with Crippen LogP contribution in [0.4, 0.5) is 0 Å². The lowest BCUT2D eigenvalue weighted by Gasteiger charge is -2.00. The third-order valence-electron chi connectivity index (χ3n) is 3.43. The minimum Gasteiger partial charge on any atom is -0.472 e. The lowest BCUT2D eigenvalue weighted by Crippen LogP contribution is -1.87. The highest BCUT2D eigenvalue weighted by atomic mass is 16.3. The molecule has 0 atom stereocenters. The van der Waals surface area contributed by atoms with E-state index >= 15 is 0 Å². The van der Waals surface area contributed by atoms with E-state index in [2.05, 4.69) is 26.8 Å². The molecule has 0 bridgehead atoms. The molecule has 0 unspecified atom stereocenters. The van der Waals surface area contributed by atoms with Crippen LogP contribution in [0.5, 0.6) is 0 Å². The number of nitrogens with one attached hydrogen (secondary N) is 1. The summed E-state index contributed by atoms with van der Waals surface area (Å²) in [6.45, 7) is 0. The number of benzene rings is 1. The van der Waals surface area contributed by atoms with Crippen molar-refractivity contribution in [1.82, 2.24) is 15.0 Å². The summed E-state index contributed by atoms with van der Waals surface area (Å²) in [6, 6.07) is 11.8. The second-order valence-corrected chi connectivity index (χ2v) is 4.77. The molecule has 0 aliphatic carbocycles. The van der Waals surface area contributed by atoms with Gasteiger partial charge in [-0.25, -0.2) is 9.97 Å². The third kappa shape index (κ3) is 2.15. The van der Waals surface area contributed by atoms with Crippen LogP contribution in [0.15, 0.2) is 65.9 Å². The van der Waals surface area contributed by atoms with Crippen LogP contribution in [0.1, 0.15) is 11.3 Å². The van der Waals surface area contributed by atoms with Crippen LogP contribution in [-0.4, -0.2) is 15.0 Å². The lowest BCUT2D eigenvalue weighted by atomic mass is 10.0. The molecule has 1 N–H and O–H groups in total. The fourth-order valence-corrected chi connectivity index (χ4v) is 2.36. The highest BCUT2D eigenvalue weighted by Crippen LogP contribution is 2.23. The molecule has 0 aliphatic rings. The monoisotopic (exact) mass is 285 g/mol. The molecule has 0 aliphatic heterocycles. The maximum atomic E-state index is 5.16. The Hall–Kier alpha value is -3.32. The Bertz CT molecular complexity index is 988. The van der Waals surface area contributed by atoms with Gasteiger partial charge in [0.15, 0.2) is 0 Å². The molecule has 3 aromatic heterocycles. The normalized spacial score (nSPS) is 10.4. The molecule has 4 nitrogen and oxygen atoms in total. The summed E-state index contributed by atoms with van der Waals surface area (Å²) in [7, 11) is 0. The van der Waals surface area contributed by atoms with Gasteiger partial charge in [-0.15, -0.1) is 0 Å². The molecule has 0 amide bonds. The summed E-state index contributed by atoms with van der Waals surface area (Å²) < 4.78 is 5.16. The van der Waals surface area contributed by atoms with Gasteiger partial charge >= 0.3 is 0 Å². The fraction of sp³-hybridized carbons (Fsp3) is 0. The molecule has 0 saturated heterocycles. The number of furan rings is 1. The Morgan fingerprint density at radius 1 is 1.00 bits per heavy atom. The first kappa shape index (κ1) is 12.4. The second kappa shape index (κ2) is 5.23. The number of aromatic nitrogens is 3. The highest BCUT2D eigenvalue weighted by molar-refractivity contribution is 5.81. The van der Waals surface area contributed by atoms with Crippen LogP contribution < -0.4 is 0 Å². The molecule has 0 fully saturated rings. The second-order valence-electron chi connectivity index (χ2n) is 4.77. The predicted octanol–water partition coefficient (Wildman–Crippen LogP) is 3.62. The van der Waals surface area contributed by atoms with Crippen LogP contribution in [0.2, 0.25) is 0 Å². The van der Waals surface area contributed by atoms with Gasteiger partial charge in [0.25, 0.3) is 0 Å². The zero-order chi connectivity index (χ0) is 14.8. The Kier molecular flexibility index (Phi) is 2.95. The molecule has 104 valence electrons. The molecule has 0 saturated carbocycles. The van der Waals surface area contributed by atoms with Crippen molar-refractivity contribution in [2.24, 2.45) is 0 Å². The number of H-pyrrole nitrogens is 1. The van der Waals surface area contributed by atoms with E-state index in [4.69, 9.17) is 4.42 Å². The number of rotatable bonds is 1. The van der Waals surface area contributed by atoms with Gasteiger partial charge in [-0.2, -0.15) is 0 Å². The number of hydrogen-bond donors (Lipinski definition) is 1. The van der Waals surface area contributed by atoms with E-state index in [0.29, 0.717) is 5.69 Å². The van der Waals surface area contributed by atoms with Crippen LogP contribution in [0.25, 0.3) is 22.2 Å². The van der Waals surface area contributed by atoms with Crippen molar-refractivity contribution in [3.63, 3.8) is 0 Å². The largest absolute Gasteiger partial charge is 0.472 e. The lowest BCUT2D eigenvalue weighted by molar-refractivity contribution is 0.568. The van der Waals surface area contributed by atoms with Gasteiger partial charge in [0.05, 0.1) is 17.9 Å². The fourth-order valence-electron chi connectivity index (χ4n) is 2.36. The zero-order valence-corrected chi connectivity index (χ0v) is 11.6. The molecule has 4 heteroatoms. The quantitative estimate of drug-likeness (QED) is 0.543. The zero-order valence-electron chi connectivity index (χ0n) is 11.6. The molecular formula is C18H11N3O. The Labute approximate surface area is 126 Å². The van der Waals surface area contributed by atoms with Crippen LogP contribution in [-0.2, 0) is 0 Å². The third-order valence-corrected chi connectivity index (χ3v) is 3.43. The van der Waals surface area contributed by atoms with Gasteiger partial charge in [-0.3, -0.25) is 0 Å². The minimum absolute atomic E-state index is 0.716. The van der Waals surface area contributed by atoms with Gasteiger partial charge in [0.2, 0.25) is 0 Å². The molecule has 4 aromatic rings. The van der Waals surface area contributed by atoms with Gasteiger partial charge in [-0.05, 0) is 24.1 Å². The predicted molar refractivity (Wildman–Crippen MR) is 84.0 cm³/mol. The van der Waals surface area contributed by atoms with E-state index in [1.165, 1.54) is 6.33 Å². The topological polar surface area (TPSA) is 54.7 Å². The van der Waals surface area contributed by atoms with Crippen molar-refractivity contribution >= 4 is 11.0 Å². The SMILES string of the molecule is C(#Cc1ncnc2[nH]ccc12)c1ccccc1-c1ccoc1. The smallest absolute Gasteiger partial charge is 0.141 e. The van der Waals surface area contributed by atoms with E-state index in [1.54, 1.807) is 12.5 Å². The van der Waals surface area contributed by atoms with Crippen LogP contribution in [0.3, 0.4) is 0 Å². The molecule has 0 spiro atoms. The van der Waals surface area contributed by atoms with Crippen molar-refractivity contribution < 1.29 is 4.42 Å². The summed E-state index contributed by atoms with van der Waals surface area (Å²) in [5.41, 5.74) is 4.50. The van der Waals surface area contributed by atoms with Crippen LogP contribution >= 0.6 is 0 Å². The average Bonchev–Trinajstić information content (AvgIpc) is 3.24. The summed E-state index contributed by atoms with van der Waals surface area (Å²) in [5, 5.41) is 0.927. The standard InChI is InChI=1S/C18H11N3O/c1-2-4-15(14-8-10-22-11-14)13(3-1)5-6-17-16-7-9-19-18(16)21-12-20-17/h1-4,7-12H,(H,19,20,21). The van der Waals surface area contributed by atoms with E-state index in [0.717, 1.165) is 27.7 Å². The van der Waals surface area contributed by atoms with Gasteiger partial charge in [-0.1, -0.05) is 24.1 Å².